The number of rotatable bonds is 10. The maximum Gasteiger partial charge on any atom is 0.408 e. The molecule has 1 aromatic rings. The quantitative estimate of drug-likeness (QED) is 0.283. The first-order chi connectivity index (χ1) is 18.2. The van der Waals surface area contributed by atoms with Crippen LogP contribution in [-0.2, 0) is 16.0 Å². The summed E-state index contributed by atoms with van der Waals surface area (Å²) in [6, 6.07) is 2.62. The molecule has 2 rings (SSSR count). The van der Waals surface area contributed by atoms with Gasteiger partial charge in [-0.2, -0.15) is 0 Å². The predicted octanol–water partition coefficient (Wildman–Crippen LogP) is 4.80. The zero-order valence-electron chi connectivity index (χ0n) is 23.8. The molecule has 10 nitrogen and oxygen atoms in total. The van der Waals surface area contributed by atoms with E-state index in [-0.39, 0.29) is 29.8 Å². The summed E-state index contributed by atoms with van der Waals surface area (Å²) in [5, 5.41) is 24.0. The number of hydrogen-bond donors (Lipinski definition) is 3. The van der Waals surface area contributed by atoms with Gasteiger partial charge in [-0.05, 0) is 69.4 Å². The van der Waals surface area contributed by atoms with E-state index in [4.69, 9.17) is 9.47 Å². The second-order valence-corrected chi connectivity index (χ2v) is 11.4. The van der Waals surface area contributed by atoms with Crippen molar-refractivity contribution in [3.63, 3.8) is 0 Å². The van der Waals surface area contributed by atoms with Gasteiger partial charge in [0.25, 0.3) is 0 Å². The Labute approximate surface area is 230 Å². The van der Waals surface area contributed by atoms with Crippen molar-refractivity contribution >= 4 is 23.9 Å². The lowest BCUT2D eigenvalue weighted by atomic mass is 9.84. The molecular formula is C28H42FN4O6-. The monoisotopic (exact) mass is 549 g/mol. The first kappa shape index (κ1) is 31.8. The Bertz CT molecular complexity index is 1020. The smallest absolute Gasteiger partial charge is 0.408 e. The molecule has 1 fully saturated rings. The molecule has 0 aliphatic carbocycles. The molecule has 1 aromatic carbocycles. The van der Waals surface area contributed by atoms with Crippen molar-refractivity contribution in [2.24, 2.45) is 17.8 Å². The van der Waals surface area contributed by atoms with Crippen molar-refractivity contribution in [3.05, 3.63) is 35.0 Å². The van der Waals surface area contributed by atoms with Crippen LogP contribution in [0.2, 0.25) is 0 Å². The summed E-state index contributed by atoms with van der Waals surface area (Å²) < 4.78 is 25.6. The van der Waals surface area contributed by atoms with E-state index in [1.807, 2.05) is 0 Å². The molecule has 0 aromatic heterocycles. The second kappa shape index (κ2) is 14.1. The summed E-state index contributed by atoms with van der Waals surface area (Å²) in [5.74, 6) is -0.995. The van der Waals surface area contributed by atoms with E-state index >= 15 is 0 Å². The van der Waals surface area contributed by atoms with Gasteiger partial charge in [0.05, 0.1) is 6.61 Å². The Balaban J connectivity index is 1.81. The number of urea groups is 1. The zero-order chi connectivity index (χ0) is 29.3. The Morgan fingerprint density at radius 1 is 1.18 bits per heavy atom. The lowest BCUT2D eigenvalue weighted by Crippen LogP contribution is -2.47. The average molecular weight is 550 g/mol. The number of hydrogen-bond acceptors (Lipinski definition) is 5. The fraction of sp³-hybridized carbons (Fsp3) is 0.643. The van der Waals surface area contributed by atoms with Crippen LogP contribution in [-0.4, -0.2) is 65.3 Å². The molecule has 39 heavy (non-hydrogen) atoms. The molecule has 3 N–H and O–H groups in total. The molecular weight excluding hydrogens is 507 g/mol. The number of halogens is 1. The number of piperidine rings is 1. The van der Waals surface area contributed by atoms with E-state index < -0.39 is 29.5 Å². The molecule has 0 spiro atoms. The highest BCUT2D eigenvalue weighted by Crippen LogP contribution is 2.28. The number of carboxylic acids is 1. The van der Waals surface area contributed by atoms with E-state index in [9.17, 15) is 29.3 Å². The van der Waals surface area contributed by atoms with Crippen LogP contribution in [0.5, 0.6) is 5.75 Å². The van der Waals surface area contributed by atoms with Crippen molar-refractivity contribution in [3.8, 4) is 5.75 Å². The summed E-state index contributed by atoms with van der Waals surface area (Å²) in [7, 11) is 0. The molecule has 1 heterocycles. The number of carboxylic acid groups (broad SMARTS) is 1. The van der Waals surface area contributed by atoms with E-state index in [0.29, 0.717) is 37.3 Å². The number of carbonyl (C=O) groups excluding carboxylic acids is 2. The summed E-state index contributed by atoms with van der Waals surface area (Å²) in [6.07, 6.45) is 1.32. The third kappa shape index (κ3) is 10.7. The number of likely N-dealkylation sites (tertiary alicyclic amines) is 1. The minimum atomic E-state index is -1.35. The minimum absolute atomic E-state index is 0.0312. The van der Waals surface area contributed by atoms with Crippen molar-refractivity contribution in [2.45, 2.75) is 78.9 Å². The summed E-state index contributed by atoms with van der Waals surface area (Å²) in [4.78, 5) is 37.5. The highest BCUT2D eigenvalue weighted by Gasteiger charge is 2.27. The molecule has 218 valence electrons. The van der Waals surface area contributed by atoms with Gasteiger partial charge in [0.15, 0.2) is 0 Å². The fourth-order valence-corrected chi connectivity index (χ4v) is 4.26. The van der Waals surface area contributed by atoms with Crippen LogP contribution in [0.1, 0.15) is 66.4 Å². The molecule has 1 aliphatic heterocycles. The van der Waals surface area contributed by atoms with Crippen molar-refractivity contribution < 1.29 is 33.4 Å². The third-order valence-electron chi connectivity index (χ3n) is 6.69. The molecule has 2 atom stereocenters. The number of nitrogens with one attached hydrogen (secondary N) is 2. The van der Waals surface area contributed by atoms with E-state index in [1.54, 1.807) is 45.6 Å². The second-order valence-electron chi connectivity index (χ2n) is 11.4. The molecule has 11 heteroatoms. The van der Waals surface area contributed by atoms with Crippen LogP contribution in [0.4, 0.5) is 14.0 Å². The first-order valence-corrected chi connectivity index (χ1v) is 13.4. The lowest BCUT2D eigenvalue weighted by Gasteiger charge is -2.37. The summed E-state index contributed by atoms with van der Waals surface area (Å²) >= 11 is 0. The van der Waals surface area contributed by atoms with Crippen LogP contribution >= 0.6 is 0 Å². The standard InChI is InChI=1S/C28H42FN4O6/c1-17(2)24(30)32-26(36)33-12-9-19(10-13-33)18(3)11-14-38-21-8-7-20(22(29)16-21)15-23(25(34)35)31-27(37)39-28(4,5)6/h7-8,16-19,23H,9-15H2,1-6H3,(H3-,30,31,32,34,35,36,37)/q-1/t18-,23?/m1/s1. The third-order valence-corrected chi connectivity index (χ3v) is 6.69. The van der Waals surface area contributed by atoms with Gasteiger partial charge >= 0.3 is 12.1 Å². The molecule has 1 unspecified atom stereocenters. The molecule has 3 amide bonds. The van der Waals surface area contributed by atoms with Crippen LogP contribution in [0.3, 0.4) is 0 Å². The van der Waals surface area contributed by atoms with E-state index in [0.717, 1.165) is 19.3 Å². The molecule has 1 aliphatic rings. The number of alkyl carbamates (subject to hydrolysis) is 1. The molecule has 0 saturated carbocycles. The Hall–Kier alpha value is -3.37. The van der Waals surface area contributed by atoms with Gasteiger partial charge in [0, 0.05) is 25.6 Å². The Morgan fingerprint density at radius 2 is 1.82 bits per heavy atom. The Kier molecular flexibility index (Phi) is 11.5. The van der Waals surface area contributed by atoms with Gasteiger partial charge in [0.2, 0.25) is 6.03 Å². The van der Waals surface area contributed by atoms with Gasteiger partial charge in [-0.25, -0.2) is 14.0 Å². The number of aliphatic carboxylic acids is 1. The van der Waals surface area contributed by atoms with E-state index in [2.05, 4.69) is 17.6 Å². The largest absolute Gasteiger partial charge is 0.493 e. The number of amides is 3. The number of benzene rings is 1. The zero-order valence-corrected chi connectivity index (χ0v) is 23.8. The average Bonchev–Trinajstić information content (AvgIpc) is 2.83. The van der Waals surface area contributed by atoms with E-state index in [1.165, 1.54) is 12.1 Å². The minimum Gasteiger partial charge on any atom is -0.493 e. The van der Waals surface area contributed by atoms with Gasteiger partial charge in [-0.1, -0.05) is 32.7 Å². The molecule has 1 saturated heterocycles. The first-order valence-electron chi connectivity index (χ1n) is 13.4. The highest BCUT2D eigenvalue weighted by molar-refractivity contribution is 6.00. The van der Waals surface area contributed by atoms with Gasteiger partial charge in [-0.3, -0.25) is 4.79 Å². The molecule has 0 bridgehead atoms. The summed E-state index contributed by atoms with van der Waals surface area (Å²) in [5.41, 5.74) is -0.658. The van der Waals surface area contributed by atoms with Crippen LogP contribution < -0.4 is 15.4 Å². The van der Waals surface area contributed by atoms with Crippen molar-refractivity contribution in [1.82, 2.24) is 15.5 Å². The SMILES string of the molecule is CC(C)C(=[N-])NC(=O)N1CCC([C@H](C)CCOc2ccc(CC(NC(=O)OC(C)(C)C)C(=O)O)c(F)c2)CC1. The Morgan fingerprint density at radius 3 is 2.36 bits per heavy atom. The van der Waals surface area contributed by atoms with Crippen molar-refractivity contribution in [2.75, 3.05) is 19.7 Å². The predicted molar refractivity (Wildman–Crippen MR) is 146 cm³/mol. The van der Waals surface area contributed by atoms with Gasteiger partial charge in [-0.15, -0.1) is 0 Å². The summed E-state index contributed by atoms with van der Waals surface area (Å²) in [6.45, 7) is 12.3. The lowest BCUT2D eigenvalue weighted by molar-refractivity contribution is -0.139. The van der Waals surface area contributed by atoms with Crippen LogP contribution in [0.25, 0.3) is 5.41 Å². The van der Waals surface area contributed by atoms with Crippen molar-refractivity contribution in [1.29, 1.82) is 0 Å². The topological polar surface area (TPSA) is 140 Å². The van der Waals surface area contributed by atoms with Gasteiger partial charge in [0.1, 0.15) is 23.2 Å². The van der Waals surface area contributed by atoms with Gasteiger partial charge < -0.3 is 35.5 Å². The number of amidine groups is 1. The fourth-order valence-electron chi connectivity index (χ4n) is 4.26. The van der Waals surface area contributed by atoms with Crippen LogP contribution in [0.15, 0.2) is 18.2 Å². The maximum atomic E-state index is 14.7. The number of carbonyl (C=O) groups is 3. The number of nitrogens with zero attached hydrogens (tertiary/aromatic N) is 2. The maximum absolute atomic E-state index is 14.7. The normalized spacial score (nSPS) is 15.8. The van der Waals surface area contributed by atoms with Crippen LogP contribution in [0, 0.1) is 23.6 Å². The highest BCUT2D eigenvalue weighted by atomic mass is 19.1. The molecule has 0 radical (unpaired) electrons. The number of ether oxygens (including phenoxy) is 2.